The van der Waals surface area contributed by atoms with Gasteiger partial charge in [0.15, 0.2) is 11.5 Å². The number of nitrogens with zero attached hydrogens (tertiary/aromatic N) is 1. The first kappa shape index (κ1) is 17.4. The summed E-state index contributed by atoms with van der Waals surface area (Å²) in [7, 11) is 4.63. The van der Waals surface area contributed by atoms with Crippen molar-refractivity contribution < 1.29 is 14.2 Å². The molecule has 3 rings (SSSR count). The monoisotopic (exact) mass is 352 g/mol. The Balaban J connectivity index is 2.23. The molecule has 1 aromatic heterocycles. The maximum Gasteiger partial charge on any atom is 0.279 e. The Hall–Kier alpha value is -3.41. The second-order valence-electron chi connectivity index (χ2n) is 5.55. The number of rotatable bonds is 5. The SMILES string of the molecule is C=c1[nH]n(-c2ccccc2)c(=O)/c1=C/c1ccc(OC)c(OC)c1OC. The molecule has 0 atom stereocenters. The Bertz CT molecular complexity index is 1080. The van der Waals surface area contributed by atoms with E-state index in [0.29, 0.717) is 33.4 Å². The summed E-state index contributed by atoms with van der Waals surface area (Å²) >= 11 is 0. The average Bonchev–Trinajstić information content (AvgIpc) is 2.96. The number of hydrogen-bond acceptors (Lipinski definition) is 4. The van der Waals surface area contributed by atoms with E-state index in [-0.39, 0.29) is 5.56 Å². The van der Waals surface area contributed by atoms with Gasteiger partial charge in [-0.2, -0.15) is 0 Å². The highest BCUT2D eigenvalue weighted by Gasteiger charge is 2.15. The van der Waals surface area contributed by atoms with E-state index >= 15 is 0 Å². The van der Waals surface area contributed by atoms with Crippen LogP contribution < -0.4 is 30.3 Å². The van der Waals surface area contributed by atoms with Crippen LogP contribution in [0.1, 0.15) is 5.56 Å². The molecule has 0 aliphatic heterocycles. The van der Waals surface area contributed by atoms with Gasteiger partial charge in [-0.05, 0) is 30.3 Å². The number of aromatic amines is 1. The smallest absolute Gasteiger partial charge is 0.279 e. The third-order valence-corrected chi connectivity index (χ3v) is 4.05. The number of aromatic nitrogens is 2. The molecule has 6 nitrogen and oxygen atoms in total. The molecule has 0 spiro atoms. The lowest BCUT2D eigenvalue weighted by atomic mass is 10.1. The first-order chi connectivity index (χ1) is 12.6. The van der Waals surface area contributed by atoms with Crippen LogP contribution in [0.15, 0.2) is 47.3 Å². The lowest BCUT2D eigenvalue weighted by Gasteiger charge is -2.13. The molecule has 26 heavy (non-hydrogen) atoms. The van der Waals surface area contributed by atoms with E-state index in [2.05, 4.69) is 11.7 Å². The summed E-state index contributed by atoms with van der Waals surface area (Å²) in [5.74, 6) is 1.50. The van der Waals surface area contributed by atoms with Crippen LogP contribution in [0.4, 0.5) is 0 Å². The molecule has 0 aliphatic carbocycles. The van der Waals surface area contributed by atoms with Crippen molar-refractivity contribution in [1.29, 1.82) is 0 Å². The van der Waals surface area contributed by atoms with E-state index in [1.807, 2.05) is 30.3 Å². The Morgan fingerprint density at radius 2 is 1.65 bits per heavy atom. The van der Waals surface area contributed by atoms with Crippen LogP contribution in [-0.2, 0) is 0 Å². The first-order valence-electron chi connectivity index (χ1n) is 7.96. The zero-order valence-corrected chi connectivity index (χ0v) is 14.9. The van der Waals surface area contributed by atoms with Gasteiger partial charge in [0.25, 0.3) is 5.56 Å². The lowest BCUT2D eigenvalue weighted by molar-refractivity contribution is 0.324. The molecular formula is C20H20N2O4. The highest BCUT2D eigenvalue weighted by molar-refractivity contribution is 5.66. The summed E-state index contributed by atoms with van der Waals surface area (Å²) in [6.07, 6.45) is 1.72. The molecule has 1 heterocycles. The minimum atomic E-state index is -0.196. The fraction of sp³-hybridized carbons (Fsp3) is 0.150. The molecule has 134 valence electrons. The predicted octanol–water partition coefficient (Wildman–Crippen LogP) is 1.43. The van der Waals surface area contributed by atoms with Gasteiger partial charge in [0.05, 0.1) is 37.6 Å². The topological polar surface area (TPSA) is 65.5 Å². The summed E-state index contributed by atoms with van der Waals surface area (Å²) in [4.78, 5) is 12.8. The number of methoxy groups -OCH3 is 3. The molecule has 0 saturated carbocycles. The molecule has 0 radical (unpaired) electrons. The zero-order chi connectivity index (χ0) is 18.7. The number of para-hydroxylation sites is 1. The van der Waals surface area contributed by atoms with Crippen LogP contribution in [0, 0.1) is 0 Å². The highest BCUT2D eigenvalue weighted by Crippen LogP contribution is 2.39. The maximum atomic E-state index is 12.8. The molecule has 0 fully saturated rings. The summed E-state index contributed by atoms with van der Waals surface area (Å²) in [6, 6.07) is 12.9. The number of H-pyrrole nitrogens is 1. The van der Waals surface area contributed by atoms with Crippen LogP contribution in [0.25, 0.3) is 18.3 Å². The van der Waals surface area contributed by atoms with Gasteiger partial charge in [-0.1, -0.05) is 24.8 Å². The number of nitrogens with one attached hydrogen (secondary N) is 1. The van der Waals surface area contributed by atoms with Crippen LogP contribution in [0.5, 0.6) is 17.2 Å². The molecule has 0 amide bonds. The van der Waals surface area contributed by atoms with Gasteiger partial charge in [-0.25, -0.2) is 4.68 Å². The van der Waals surface area contributed by atoms with Gasteiger partial charge in [-0.15, -0.1) is 0 Å². The highest BCUT2D eigenvalue weighted by atomic mass is 16.5. The van der Waals surface area contributed by atoms with E-state index in [1.54, 1.807) is 32.4 Å². The van der Waals surface area contributed by atoms with E-state index < -0.39 is 0 Å². The molecule has 1 N–H and O–H groups in total. The summed E-state index contributed by atoms with van der Waals surface area (Å²) in [6.45, 7) is 3.95. The molecular weight excluding hydrogens is 332 g/mol. The van der Waals surface area contributed by atoms with Crippen LogP contribution >= 0.6 is 0 Å². The van der Waals surface area contributed by atoms with Gasteiger partial charge < -0.3 is 14.2 Å². The normalized spacial score (nSPS) is 11.4. The van der Waals surface area contributed by atoms with Gasteiger partial charge in [0.1, 0.15) is 0 Å². The average molecular weight is 352 g/mol. The third kappa shape index (κ3) is 2.97. The fourth-order valence-corrected chi connectivity index (χ4v) is 2.80. The Morgan fingerprint density at radius 1 is 0.962 bits per heavy atom. The second-order valence-corrected chi connectivity index (χ2v) is 5.55. The number of benzene rings is 2. The molecule has 6 heteroatoms. The largest absolute Gasteiger partial charge is 0.493 e. The van der Waals surface area contributed by atoms with E-state index in [0.717, 1.165) is 5.69 Å². The quantitative estimate of drug-likeness (QED) is 0.754. The van der Waals surface area contributed by atoms with Crippen molar-refractivity contribution in [2.75, 3.05) is 21.3 Å². The van der Waals surface area contributed by atoms with Crippen molar-refractivity contribution >= 4 is 12.7 Å². The van der Waals surface area contributed by atoms with Crippen molar-refractivity contribution in [3.05, 3.63) is 68.9 Å². The van der Waals surface area contributed by atoms with Crippen molar-refractivity contribution in [1.82, 2.24) is 9.78 Å². The van der Waals surface area contributed by atoms with E-state index in [4.69, 9.17) is 14.2 Å². The van der Waals surface area contributed by atoms with Gasteiger partial charge in [0.2, 0.25) is 5.75 Å². The fourth-order valence-electron chi connectivity index (χ4n) is 2.80. The minimum Gasteiger partial charge on any atom is -0.493 e. The van der Waals surface area contributed by atoms with Gasteiger partial charge in [-0.3, -0.25) is 9.89 Å². The molecule has 2 aromatic carbocycles. The molecule has 0 saturated heterocycles. The Morgan fingerprint density at radius 3 is 2.27 bits per heavy atom. The van der Waals surface area contributed by atoms with E-state index in [1.165, 1.54) is 11.8 Å². The molecule has 3 aromatic rings. The Labute approximate surface area is 150 Å². The molecule has 0 aliphatic rings. The first-order valence-corrected chi connectivity index (χ1v) is 7.96. The summed E-state index contributed by atoms with van der Waals surface area (Å²) in [5, 5.41) is 3.96. The van der Waals surface area contributed by atoms with E-state index in [9.17, 15) is 4.79 Å². The lowest BCUT2D eigenvalue weighted by Crippen LogP contribution is -2.34. The Kier molecular flexibility index (Phi) is 4.84. The maximum absolute atomic E-state index is 12.8. The van der Waals surface area contributed by atoms with Crippen molar-refractivity contribution in [2.24, 2.45) is 0 Å². The number of ether oxygens (including phenoxy) is 3. The minimum absolute atomic E-state index is 0.196. The van der Waals surface area contributed by atoms with Crippen LogP contribution in [0.3, 0.4) is 0 Å². The molecule has 0 bridgehead atoms. The van der Waals surface area contributed by atoms with Crippen molar-refractivity contribution in [3.8, 4) is 22.9 Å². The zero-order valence-electron chi connectivity index (χ0n) is 14.9. The predicted molar refractivity (Wildman–Crippen MR) is 101 cm³/mol. The van der Waals surface area contributed by atoms with Gasteiger partial charge >= 0.3 is 0 Å². The summed E-state index contributed by atoms with van der Waals surface area (Å²) < 4.78 is 17.6. The standard InChI is InChI=1S/C20H20N2O4/c1-13-16(20(23)22(21-13)15-8-6-5-7-9-15)12-14-10-11-17(24-2)19(26-4)18(14)25-3/h5-12,21H,1H2,2-4H3/b16-12+. The van der Waals surface area contributed by atoms with Crippen LogP contribution in [0.2, 0.25) is 0 Å². The van der Waals surface area contributed by atoms with Gasteiger partial charge in [0, 0.05) is 5.56 Å². The summed E-state index contributed by atoms with van der Waals surface area (Å²) in [5.41, 5.74) is 1.23. The van der Waals surface area contributed by atoms with Crippen LogP contribution in [-0.4, -0.2) is 31.1 Å². The van der Waals surface area contributed by atoms with Crippen molar-refractivity contribution in [3.63, 3.8) is 0 Å². The molecule has 0 unspecified atom stereocenters. The second kappa shape index (κ2) is 7.23. The van der Waals surface area contributed by atoms with Crippen molar-refractivity contribution in [2.45, 2.75) is 0 Å². The number of hydrogen-bond donors (Lipinski definition) is 1. The third-order valence-electron chi connectivity index (χ3n) is 4.05.